The van der Waals surface area contributed by atoms with E-state index < -0.39 is 47.9 Å². The summed E-state index contributed by atoms with van der Waals surface area (Å²) in [6, 6.07) is 6.92. The van der Waals surface area contributed by atoms with Gasteiger partial charge in [-0.25, -0.2) is 18.8 Å². The summed E-state index contributed by atoms with van der Waals surface area (Å²) in [6.45, 7) is -1.23. The highest BCUT2D eigenvalue weighted by atomic mass is 19.4. The molecular formula is C19H13F6N3O5. The number of aromatic nitrogens is 3. The molecule has 0 fully saturated rings. The topological polar surface area (TPSA) is 95.6 Å². The third-order valence-corrected chi connectivity index (χ3v) is 4.12. The van der Waals surface area contributed by atoms with Gasteiger partial charge < -0.3 is 14.6 Å². The summed E-state index contributed by atoms with van der Waals surface area (Å²) in [4.78, 5) is 23.2. The van der Waals surface area contributed by atoms with Crippen LogP contribution in [0.1, 0.15) is 11.1 Å². The minimum absolute atomic E-state index is 0.0952. The lowest BCUT2D eigenvalue weighted by molar-refractivity contribution is -0.275. The highest BCUT2D eigenvalue weighted by Gasteiger charge is 2.33. The number of benzene rings is 2. The van der Waals surface area contributed by atoms with Crippen molar-refractivity contribution in [3.8, 4) is 17.2 Å². The standard InChI is InChI=1S/C19H13F6N3O5/c20-18(21,22)12-2-4-13(5-3-12)27-10-26-28(17(27)31)8-11-1-6-14(32-9-16(29)30)15(7-11)33-19(23,24)25/h1-7,10H,8-9H2,(H,29,30). The van der Waals surface area contributed by atoms with Gasteiger partial charge in [-0.1, -0.05) is 6.07 Å². The molecule has 3 aromatic rings. The van der Waals surface area contributed by atoms with Crippen molar-refractivity contribution in [3.05, 3.63) is 70.4 Å². The first-order valence-corrected chi connectivity index (χ1v) is 8.89. The number of halogens is 6. The molecule has 0 radical (unpaired) electrons. The molecule has 1 heterocycles. The molecule has 8 nitrogen and oxygen atoms in total. The largest absolute Gasteiger partial charge is 0.573 e. The first-order chi connectivity index (χ1) is 15.3. The van der Waals surface area contributed by atoms with Gasteiger partial charge in [-0.05, 0) is 42.0 Å². The first kappa shape index (κ1) is 23.7. The Balaban J connectivity index is 1.86. The second-order valence-electron chi connectivity index (χ2n) is 6.50. The smallest absolute Gasteiger partial charge is 0.479 e. The van der Waals surface area contributed by atoms with Crippen LogP contribution in [-0.4, -0.2) is 38.4 Å². The van der Waals surface area contributed by atoms with Gasteiger partial charge in [-0.2, -0.15) is 18.3 Å². The first-order valence-electron chi connectivity index (χ1n) is 8.89. The van der Waals surface area contributed by atoms with Crippen molar-refractivity contribution >= 4 is 5.97 Å². The maximum Gasteiger partial charge on any atom is 0.573 e. The van der Waals surface area contributed by atoms with E-state index in [0.29, 0.717) is 0 Å². The molecule has 1 aromatic heterocycles. The zero-order valence-corrected chi connectivity index (χ0v) is 16.2. The summed E-state index contributed by atoms with van der Waals surface area (Å²) in [7, 11) is 0. The van der Waals surface area contributed by atoms with E-state index >= 15 is 0 Å². The van der Waals surface area contributed by atoms with E-state index in [-0.39, 0.29) is 17.8 Å². The summed E-state index contributed by atoms with van der Waals surface area (Å²) in [5, 5.41) is 12.5. The fourth-order valence-electron chi connectivity index (χ4n) is 2.72. The van der Waals surface area contributed by atoms with Crippen LogP contribution in [0, 0.1) is 0 Å². The minimum atomic E-state index is -5.10. The molecule has 0 spiro atoms. The second-order valence-corrected chi connectivity index (χ2v) is 6.50. The molecule has 0 saturated carbocycles. The van der Waals surface area contributed by atoms with E-state index in [9.17, 15) is 35.9 Å². The normalized spacial score (nSPS) is 11.9. The number of alkyl halides is 6. The second kappa shape index (κ2) is 8.88. The maximum absolute atomic E-state index is 12.7. The average Bonchev–Trinajstić information content (AvgIpc) is 3.06. The van der Waals surface area contributed by atoms with Crippen molar-refractivity contribution in [1.29, 1.82) is 0 Å². The molecule has 0 unspecified atom stereocenters. The van der Waals surface area contributed by atoms with Gasteiger partial charge in [0.1, 0.15) is 6.33 Å². The van der Waals surface area contributed by atoms with Gasteiger partial charge in [0, 0.05) is 0 Å². The Hall–Kier alpha value is -3.97. The summed E-state index contributed by atoms with van der Waals surface area (Å²) in [6.07, 6.45) is -8.60. The van der Waals surface area contributed by atoms with Crippen molar-refractivity contribution in [3.63, 3.8) is 0 Å². The van der Waals surface area contributed by atoms with Gasteiger partial charge in [0.2, 0.25) is 0 Å². The van der Waals surface area contributed by atoms with Crippen LogP contribution in [-0.2, 0) is 17.5 Å². The van der Waals surface area contributed by atoms with Crippen LogP contribution < -0.4 is 15.2 Å². The van der Waals surface area contributed by atoms with Crippen LogP contribution in [0.4, 0.5) is 26.3 Å². The van der Waals surface area contributed by atoms with Gasteiger partial charge in [0.05, 0.1) is 17.8 Å². The Morgan fingerprint density at radius 3 is 2.24 bits per heavy atom. The lowest BCUT2D eigenvalue weighted by Gasteiger charge is -2.14. The van der Waals surface area contributed by atoms with E-state index in [1.807, 2.05) is 0 Å². The monoisotopic (exact) mass is 477 g/mol. The predicted octanol–water partition coefficient (Wildman–Crippen LogP) is 3.46. The Kier molecular flexibility index (Phi) is 6.37. The van der Waals surface area contributed by atoms with E-state index in [2.05, 4.69) is 9.84 Å². The van der Waals surface area contributed by atoms with Gasteiger partial charge in [0.25, 0.3) is 0 Å². The fraction of sp³-hybridized carbons (Fsp3) is 0.211. The van der Waals surface area contributed by atoms with Crippen molar-refractivity contribution < 1.29 is 45.7 Å². The van der Waals surface area contributed by atoms with E-state index in [1.165, 1.54) is 6.07 Å². The van der Waals surface area contributed by atoms with Crippen molar-refractivity contribution in [2.24, 2.45) is 0 Å². The average molecular weight is 477 g/mol. The molecule has 0 bridgehead atoms. The molecule has 0 atom stereocenters. The Labute approximate surface area is 180 Å². The minimum Gasteiger partial charge on any atom is -0.479 e. The number of ether oxygens (including phenoxy) is 2. The van der Waals surface area contributed by atoms with Crippen molar-refractivity contribution in [1.82, 2.24) is 14.3 Å². The summed E-state index contributed by atoms with van der Waals surface area (Å²) < 4.78 is 86.6. The Bertz CT molecular complexity index is 1200. The molecule has 3 rings (SSSR count). The van der Waals surface area contributed by atoms with Gasteiger partial charge in [-0.3, -0.25) is 0 Å². The van der Waals surface area contributed by atoms with E-state index in [1.54, 1.807) is 0 Å². The molecule has 0 aliphatic carbocycles. The number of nitrogens with zero attached hydrogens (tertiary/aromatic N) is 3. The highest BCUT2D eigenvalue weighted by Crippen LogP contribution is 2.33. The molecule has 0 amide bonds. The molecular weight excluding hydrogens is 464 g/mol. The van der Waals surface area contributed by atoms with Crippen molar-refractivity contribution in [2.45, 2.75) is 19.1 Å². The third kappa shape index (κ3) is 6.05. The molecule has 33 heavy (non-hydrogen) atoms. The van der Waals surface area contributed by atoms with Gasteiger partial charge >= 0.3 is 24.2 Å². The molecule has 176 valence electrons. The number of carboxylic acid groups (broad SMARTS) is 1. The van der Waals surface area contributed by atoms with Crippen LogP contribution in [0.3, 0.4) is 0 Å². The van der Waals surface area contributed by atoms with Crippen molar-refractivity contribution in [2.75, 3.05) is 6.61 Å². The summed E-state index contributed by atoms with van der Waals surface area (Å²) in [5.41, 5.74) is -1.46. The SMILES string of the molecule is O=C(O)COc1ccc(Cn2ncn(-c3ccc(C(F)(F)F)cc3)c2=O)cc1OC(F)(F)F. The fourth-order valence-corrected chi connectivity index (χ4v) is 2.72. The van der Waals surface area contributed by atoms with Gasteiger partial charge in [-0.15, -0.1) is 13.2 Å². The van der Waals surface area contributed by atoms with Crippen LogP contribution in [0.5, 0.6) is 11.5 Å². The number of aliphatic carboxylic acids is 1. The van der Waals surface area contributed by atoms with Crippen LogP contribution >= 0.6 is 0 Å². The molecule has 14 heteroatoms. The van der Waals surface area contributed by atoms with Gasteiger partial charge in [0.15, 0.2) is 18.1 Å². The zero-order valence-electron chi connectivity index (χ0n) is 16.2. The third-order valence-electron chi connectivity index (χ3n) is 4.12. The zero-order chi connectivity index (χ0) is 24.4. The number of hydrogen-bond acceptors (Lipinski definition) is 5. The number of rotatable bonds is 7. The molecule has 1 N–H and O–H groups in total. The summed E-state index contributed by atoms with van der Waals surface area (Å²) >= 11 is 0. The van der Waals surface area contributed by atoms with E-state index in [0.717, 1.165) is 52.0 Å². The Morgan fingerprint density at radius 2 is 1.67 bits per heavy atom. The summed E-state index contributed by atoms with van der Waals surface area (Å²) in [5.74, 6) is -2.73. The van der Waals surface area contributed by atoms with Crippen LogP contribution in [0.25, 0.3) is 5.69 Å². The maximum atomic E-state index is 12.7. The van der Waals surface area contributed by atoms with Crippen LogP contribution in [0.2, 0.25) is 0 Å². The number of carbonyl (C=O) groups is 1. The lowest BCUT2D eigenvalue weighted by atomic mass is 10.2. The Morgan fingerprint density at radius 1 is 1.00 bits per heavy atom. The molecule has 0 aliphatic rings. The lowest BCUT2D eigenvalue weighted by Crippen LogP contribution is -2.24. The van der Waals surface area contributed by atoms with E-state index in [4.69, 9.17) is 9.84 Å². The molecule has 2 aromatic carbocycles. The highest BCUT2D eigenvalue weighted by molar-refractivity contribution is 5.68. The number of hydrogen-bond donors (Lipinski definition) is 1. The van der Waals surface area contributed by atoms with Crippen LogP contribution in [0.15, 0.2) is 53.6 Å². The predicted molar refractivity (Wildman–Crippen MR) is 98.2 cm³/mol. The quantitative estimate of drug-likeness (QED) is 0.524. The molecule has 0 aliphatic heterocycles. The molecule has 0 saturated heterocycles. The number of carboxylic acids is 1.